The average molecular weight is 430 g/mol. The van der Waals surface area contributed by atoms with Crippen molar-refractivity contribution >= 4 is 11.8 Å². The van der Waals surface area contributed by atoms with Gasteiger partial charge in [0.1, 0.15) is 24.6 Å². The van der Waals surface area contributed by atoms with Gasteiger partial charge in [0.25, 0.3) is 0 Å². The normalized spacial score (nSPS) is 17.0. The van der Waals surface area contributed by atoms with E-state index in [4.69, 9.17) is 14.2 Å². The van der Waals surface area contributed by atoms with Crippen molar-refractivity contribution in [1.29, 1.82) is 0 Å². The summed E-state index contributed by atoms with van der Waals surface area (Å²) in [6.45, 7) is 2.62. The van der Waals surface area contributed by atoms with Crippen molar-refractivity contribution in [2.45, 2.75) is 25.5 Å². The largest absolute Gasteiger partial charge is 0.493 e. The fraction of sp³-hybridized carbons (Fsp3) is 0.391. The van der Waals surface area contributed by atoms with E-state index in [0.717, 1.165) is 0 Å². The molecule has 0 radical (unpaired) electrons. The van der Waals surface area contributed by atoms with Gasteiger partial charge in [0, 0.05) is 19.9 Å². The maximum absolute atomic E-state index is 14.1. The van der Waals surface area contributed by atoms with Gasteiger partial charge in [-0.2, -0.15) is 0 Å². The molecule has 2 atom stereocenters. The fourth-order valence-corrected chi connectivity index (χ4v) is 3.49. The molecule has 2 unspecified atom stereocenters. The monoisotopic (exact) mass is 430 g/mol. The van der Waals surface area contributed by atoms with Gasteiger partial charge in [-0.15, -0.1) is 0 Å². The molecule has 1 N–H and O–H groups in total. The average Bonchev–Trinajstić information content (AvgIpc) is 2.78. The van der Waals surface area contributed by atoms with Gasteiger partial charge in [-0.1, -0.05) is 30.3 Å². The van der Waals surface area contributed by atoms with Gasteiger partial charge in [0.2, 0.25) is 11.8 Å². The Bertz CT molecular complexity index is 907. The number of morpholine rings is 1. The van der Waals surface area contributed by atoms with Crippen molar-refractivity contribution in [3.63, 3.8) is 0 Å². The molecule has 7 nitrogen and oxygen atoms in total. The Morgan fingerprint density at radius 1 is 1.19 bits per heavy atom. The molecule has 8 heteroatoms. The third-order valence-corrected chi connectivity index (χ3v) is 5.00. The Labute approximate surface area is 181 Å². The van der Waals surface area contributed by atoms with Crippen LogP contribution in [0, 0.1) is 5.82 Å². The minimum absolute atomic E-state index is 0.0742. The molecular formula is C23H27FN2O5. The molecule has 1 fully saturated rings. The van der Waals surface area contributed by atoms with Gasteiger partial charge >= 0.3 is 0 Å². The molecule has 1 heterocycles. The highest BCUT2D eigenvalue weighted by molar-refractivity contribution is 5.87. The Balaban J connectivity index is 1.64. The number of hydrogen-bond donors (Lipinski definition) is 1. The van der Waals surface area contributed by atoms with Gasteiger partial charge < -0.3 is 24.4 Å². The second-order valence-electron chi connectivity index (χ2n) is 7.29. The molecule has 0 bridgehead atoms. The summed E-state index contributed by atoms with van der Waals surface area (Å²) in [5.74, 6) is 0.174. The second-order valence-corrected chi connectivity index (χ2v) is 7.29. The maximum Gasteiger partial charge on any atom is 0.245 e. The number of halogens is 1. The first-order valence-corrected chi connectivity index (χ1v) is 10.1. The second kappa shape index (κ2) is 10.8. The summed E-state index contributed by atoms with van der Waals surface area (Å²) >= 11 is 0. The summed E-state index contributed by atoms with van der Waals surface area (Å²) in [6.07, 6.45) is -0.265. The zero-order chi connectivity index (χ0) is 22.2. The Kier molecular flexibility index (Phi) is 7.83. The number of amides is 2. The molecule has 31 heavy (non-hydrogen) atoms. The van der Waals surface area contributed by atoms with Crippen LogP contribution in [0.3, 0.4) is 0 Å². The smallest absolute Gasteiger partial charge is 0.245 e. The standard InChI is InChI=1S/C23H27FN2O5/c1-16(27)25-20(13-17-7-3-4-8-19(17)24)23(28)26-11-12-30-18(14-26)15-31-22-10-6-5-9-21(22)29-2/h3-10,18,20H,11-15H2,1-2H3,(H,25,27). The van der Waals surface area contributed by atoms with Crippen LogP contribution in [0.4, 0.5) is 4.39 Å². The number of nitrogens with zero attached hydrogens (tertiary/aromatic N) is 1. The Morgan fingerprint density at radius 2 is 1.90 bits per heavy atom. The number of carbonyl (C=O) groups is 2. The lowest BCUT2D eigenvalue weighted by atomic mass is 10.0. The number of nitrogens with one attached hydrogen (secondary N) is 1. The fourth-order valence-electron chi connectivity index (χ4n) is 3.49. The van der Waals surface area contributed by atoms with Crippen LogP contribution in [-0.2, 0) is 20.7 Å². The molecule has 166 valence electrons. The number of benzene rings is 2. The molecule has 1 saturated heterocycles. The lowest BCUT2D eigenvalue weighted by Gasteiger charge is -2.35. The van der Waals surface area contributed by atoms with E-state index in [-0.39, 0.29) is 30.9 Å². The van der Waals surface area contributed by atoms with Crippen LogP contribution < -0.4 is 14.8 Å². The predicted octanol–water partition coefficient (Wildman–Crippen LogP) is 2.19. The molecule has 0 saturated carbocycles. The van der Waals surface area contributed by atoms with Crippen LogP contribution >= 0.6 is 0 Å². The number of methoxy groups -OCH3 is 1. The number of ether oxygens (including phenoxy) is 3. The highest BCUT2D eigenvalue weighted by Gasteiger charge is 2.31. The van der Waals surface area contributed by atoms with Crippen LogP contribution in [-0.4, -0.2) is 62.3 Å². The van der Waals surface area contributed by atoms with Crippen molar-refractivity contribution < 1.29 is 28.2 Å². The lowest BCUT2D eigenvalue weighted by molar-refractivity contribution is -0.143. The molecule has 3 rings (SSSR count). The van der Waals surface area contributed by atoms with Crippen molar-refractivity contribution in [3.05, 3.63) is 59.9 Å². The number of carbonyl (C=O) groups excluding carboxylic acids is 2. The molecule has 1 aliphatic heterocycles. The zero-order valence-electron chi connectivity index (χ0n) is 17.7. The summed E-state index contributed by atoms with van der Waals surface area (Å²) in [4.78, 5) is 26.4. The SMILES string of the molecule is COc1ccccc1OCC1CN(C(=O)C(Cc2ccccc2F)NC(C)=O)CCO1. The molecule has 0 aliphatic carbocycles. The molecular weight excluding hydrogens is 403 g/mol. The Morgan fingerprint density at radius 3 is 2.61 bits per heavy atom. The number of hydrogen-bond acceptors (Lipinski definition) is 5. The topological polar surface area (TPSA) is 77.1 Å². The van der Waals surface area contributed by atoms with Crippen molar-refractivity contribution in [3.8, 4) is 11.5 Å². The van der Waals surface area contributed by atoms with E-state index in [1.807, 2.05) is 12.1 Å². The van der Waals surface area contributed by atoms with E-state index in [0.29, 0.717) is 36.8 Å². The third kappa shape index (κ3) is 6.18. The van der Waals surface area contributed by atoms with E-state index in [1.165, 1.54) is 13.0 Å². The van der Waals surface area contributed by atoms with Gasteiger partial charge in [-0.05, 0) is 23.8 Å². The van der Waals surface area contributed by atoms with Crippen LogP contribution in [0.5, 0.6) is 11.5 Å². The van der Waals surface area contributed by atoms with E-state index in [9.17, 15) is 14.0 Å². The summed E-state index contributed by atoms with van der Waals surface area (Å²) in [5.41, 5.74) is 0.374. The summed E-state index contributed by atoms with van der Waals surface area (Å²) in [5, 5.41) is 2.66. The van der Waals surface area contributed by atoms with E-state index < -0.39 is 11.9 Å². The maximum atomic E-state index is 14.1. The van der Waals surface area contributed by atoms with Gasteiger partial charge in [-0.3, -0.25) is 9.59 Å². The molecule has 0 spiro atoms. The Hall–Kier alpha value is -3.13. The van der Waals surface area contributed by atoms with Crippen molar-refractivity contribution in [2.24, 2.45) is 0 Å². The minimum atomic E-state index is -0.858. The van der Waals surface area contributed by atoms with Gasteiger partial charge in [0.15, 0.2) is 11.5 Å². The van der Waals surface area contributed by atoms with E-state index >= 15 is 0 Å². The molecule has 1 aliphatic rings. The zero-order valence-corrected chi connectivity index (χ0v) is 17.7. The third-order valence-electron chi connectivity index (χ3n) is 5.00. The summed E-state index contributed by atoms with van der Waals surface area (Å²) in [6, 6.07) is 12.7. The van der Waals surface area contributed by atoms with Crippen LogP contribution in [0.2, 0.25) is 0 Å². The van der Waals surface area contributed by atoms with Crippen LogP contribution in [0.25, 0.3) is 0 Å². The van der Waals surface area contributed by atoms with Crippen molar-refractivity contribution in [1.82, 2.24) is 10.2 Å². The van der Waals surface area contributed by atoms with E-state index in [2.05, 4.69) is 5.32 Å². The highest BCUT2D eigenvalue weighted by atomic mass is 19.1. The van der Waals surface area contributed by atoms with Crippen LogP contribution in [0.1, 0.15) is 12.5 Å². The summed E-state index contributed by atoms with van der Waals surface area (Å²) in [7, 11) is 1.57. The molecule has 2 aromatic rings. The first-order valence-electron chi connectivity index (χ1n) is 10.1. The number of rotatable bonds is 8. The molecule has 2 aromatic carbocycles. The molecule has 0 aromatic heterocycles. The van der Waals surface area contributed by atoms with Crippen molar-refractivity contribution in [2.75, 3.05) is 33.4 Å². The molecule has 2 amide bonds. The number of para-hydroxylation sites is 2. The first kappa shape index (κ1) is 22.6. The van der Waals surface area contributed by atoms with Gasteiger partial charge in [0.05, 0.1) is 20.3 Å². The highest BCUT2D eigenvalue weighted by Crippen LogP contribution is 2.26. The van der Waals surface area contributed by atoms with Crippen LogP contribution in [0.15, 0.2) is 48.5 Å². The summed E-state index contributed by atoms with van der Waals surface area (Å²) < 4.78 is 30.9. The predicted molar refractivity (Wildman–Crippen MR) is 113 cm³/mol. The quantitative estimate of drug-likeness (QED) is 0.695. The minimum Gasteiger partial charge on any atom is -0.493 e. The lowest BCUT2D eigenvalue weighted by Crippen LogP contribution is -2.55. The van der Waals surface area contributed by atoms with E-state index in [1.54, 1.807) is 42.3 Å². The van der Waals surface area contributed by atoms with Gasteiger partial charge in [-0.25, -0.2) is 4.39 Å². The first-order chi connectivity index (χ1) is 15.0.